The van der Waals surface area contributed by atoms with E-state index in [1.807, 2.05) is 6.07 Å². The number of rotatable bonds is 4. The number of aromatic amines is 1. The van der Waals surface area contributed by atoms with Gasteiger partial charge in [0, 0.05) is 41.2 Å². The van der Waals surface area contributed by atoms with Crippen LogP contribution in [0, 0.1) is 24.1 Å². The number of anilines is 2. The Hall–Kier alpha value is -5.24. The Morgan fingerprint density at radius 1 is 1.33 bits per heavy atom. The predicted octanol–water partition coefficient (Wildman–Crippen LogP) is 4.79. The van der Waals surface area contributed by atoms with Crippen molar-refractivity contribution in [1.29, 1.82) is 5.26 Å². The van der Waals surface area contributed by atoms with Gasteiger partial charge in [-0.1, -0.05) is 0 Å². The van der Waals surface area contributed by atoms with Crippen LogP contribution in [0.2, 0.25) is 0 Å². The lowest BCUT2D eigenvalue weighted by molar-refractivity contribution is -0.135. The molecule has 1 fully saturated rings. The highest BCUT2D eigenvalue weighted by Crippen LogP contribution is 2.56. The molecule has 3 N–H and O–H groups in total. The van der Waals surface area contributed by atoms with E-state index in [-0.39, 0.29) is 62.6 Å². The third kappa shape index (κ3) is 5.25. The van der Waals surface area contributed by atoms with Gasteiger partial charge < -0.3 is 15.2 Å². The first-order valence-corrected chi connectivity index (χ1v) is 14.6. The number of nitriles is 1. The molecule has 4 heterocycles. The summed E-state index contributed by atoms with van der Waals surface area (Å²) < 4.78 is 96.9. The summed E-state index contributed by atoms with van der Waals surface area (Å²) in [6.07, 6.45) is -4.54. The number of halogens is 4. The lowest BCUT2D eigenvalue weighted by atomic mass is 9.93. The number of nitrogens with zero attached hydrogens (tertiary/aromatic N) is 7. The molecule has 3 aromatic heterocycles. The lowest BCUT2D eigenvalue weighted by Crippen LogP contribution is -2.49. The van der Waals surface area contributed by atoms with E-state index in [0.29, 0.717) is 0 Å². The van der Waals surface area contributed by atoms with Crippen LogP contribution in [0.1, 0.15) is 54.5 Å². The van der Waals surface area contributed by atoms with Gasteiger partial charge in [-0.05, 0) is 46.6 Å². The molecule has 6 rings (SSSR count). The zero-order valence-electron chi connectivity index (χ0n) is 29.3. The summed E-state index contributed by atoms with van der Waals surface area (Å²) in [5.41, 5.74) is 0.157. The molecule has 48 heavy (non-hydrogen) atoms. The minimum Gasteiger partial charge on any atom is -0.482 e. The fraction of sp³-hybridized carbons (Fsp3) is 0.419. The quantitative estimate of drug-likeness (QED) is 0.227. The molecule has 1 aliphatic heterocycles. The second kappa shape index (κ2) is 10.9. The van der Waals surface area contributed by atoms with Crippen molar-refractivity contribution in [1.82, 2.24) is 25.0 Å². The molecular formula is C31H31F4N9O4. The normalized spacial score (nSPS) is 16.4. The number of benzene rings is 1. The van der Waals surface area contributed by atoms with Gasteiger partial charge in [-0.3, -0.25) is 19.3 Å². The minimum atomic E-state index is -4.92. The number of aryl methyl sites for hydroxylation is 1. The van der Waals surface area contributed by atoms with Crippen LogP contribution < -0.4 is 25.8 Å². The predicted molar refractivity (Wildman–Crippen MR) is 166 cm³/mol. The number of carbonyl (C=O) groups is 1. The van der Waals surface area contributed by atoms with Crippen molar-refractivity contribution in [2.24, 2.45) is 12.8 Å². The number of hydrogen-bond donors (Lipinski definition) is 2. The summed E-state index contributed by atoms with van der Waals surface area (Å²) in [6, 6.07) is 3.13. The number of H-pyrrole nitrogens is 1. The molecule has 17 heteroatoms. The van der Waals surface area contributed by atoms with Crippen LogP contribution in [0.5, 0.6) is 5.75 Å². The first kappa shape index (κ1) is 28.9. The van der Waals surface area contributed by atoms with Gasteiger partial charge in [0.15, 0.2) is 11.6 Å². The molecule has 2 aliphatic rings. The van der Waals surface area contributed by atoms with Crippen LogP contribution in [0.3, 0.4) is 0 Å². The molecule has 4 aromatic rings. The summed E-state index contributed by atoms with van der Waals surface area (Å²) in [5.74, 6) is -2.32. The molecule has 1 amide bonds. The minimum absolute atomic E-state index is 0.0312. The molecule has 0 saturated heterocycles. The molecule has 0 unspecified atom stereocenters. The van der Waals surface area contributed by atoms with Crippen molar-refractivity contribution in [3.8, 4) is 34.3 Å². The standard InChI is InChI=1S/C31H31F4N9O4/c1-14-22(32)20(16(10-36)25-23(14)44(31(33,34)35)13-30(47-25)7-8-30)24-17(12-38-43(24)6)18-9-15-19(11-37)40-41-27(45)21(15)26(39-18)42(5)28(46)48-29(2,3)4/h9,12H,7-8,11,13,37H2,1-6H3,(H,41,45)/i5D3. The monoisotopic (exact) mass is 672 g/mol. The van der Waals surface area contributed by atoms with Gasteiger partial charge in [0.1, 0.15) is 28.7 Å². The number of amides is 1. The smallest absolute Gasteiger partial charge is 0.482 e. The first-order chi connectivity index (χ1) is 23.6. The summed E-state index contributed by atoms with van der Waals surface area (Å²) in [7, 11) is 1.38. The molecule has 0 radical (unpaired) electrons. The van der Waals surface area contributed by atoms with E-state index in [1.165, 1.54) is 40.1 Å². The molecule has 0 bridgehead atoms. The Balaban J connectivity index is 1.68. The van der Waals surface area contributed by atoms with Gasteiger partial charge in [-0.25, -0.2) is 19.3 Å². The van der Waals surface area contributed by atoms with Crippen molar-refractivity contribution in [3.05, 3.63) is 45.3 Å². The van der Waals surface area contributed by atoms with Crippen molar-refractivity contribution < 1.29 is 35.9 Å². The van der Waals surface area contributed by atoms with E-state index in [1.54, 1.807) is 0 Å². The molecular weight excluding hydrogens is 638 g/mol. The number of aromatic nitrogens is 5. The van der Waals surface area contributed by atoms with Gasteiger partial charge in [0.2, 0.25) is 0 Å². The van der Waals surface area contributed by atoms with Gasteiger partial charge in [0.05, 0.1) is 46.5 Å². The maximum atomic E-state index is 16.6. The maximum absolute atomic E-state index is 16.6. The van der Waals surface area contributed by atoms with Crippen molar-refractivity contribution >= 4 is 28.4 Å². The average molecular weight is 673 g/mol. The van der Waals surface area contributed by atoms with Crippen LogP contribution in [0.4, 0.5) is 33.9 Å². The van der Waals surface area contributed by atoms with E-state index in [9.17, 15) is 28.0 Å². The Morgan fingerprint density at radius 2 is 2.04 bits per heavy atom. The third-order valence-corrected chi connectivity index (χ3v) is 8.12. The number of pyridine rings is 1. The van der Waals surface area contributed by atoms with Gasteiger partial charge in [-0.15, -0.1) is 0 Å². The summed E-state index contributed by atoms with van der Waals surface area (Å²) in [5, 5.41) is 20.4. The molecule has 1 aromatic carbocycles. The third-order valence-electron chi connectivity index (χ3n) is 8.12. The van der Waals surface area contributed by atoms with Crippen molar-refractivity contribution in [2.75, 3.05) is 23.3 Å². The Morgan fingerprint density at radius 3 is 2.62 bits per heavy atom. The fourth-order valence-electron chi connectivity index (χ4n) is 5.78. The van der Waals surface area contributed by atoms with E-state index in [2.05, 4.69) is 20.3 Å². The Labute approximate surface area is 275 Å². The molecule has 13 nitrogen and oxygen atoms in total. The zero-order valence-corrected chi connectivity index (χ0v) is 26.3. The SMILES string of the molecule is [2H]C([2H])([2H])N(C(=O)OC(C)(C)C)c1nc(-c2cnn(C)c2-c2c(F)c(C)c3c(c2C#N)OC2(CC2)CN3C(F)(F)F)cc2c(CN)n[nH]c(=O)c12. The number of alkyl halides is 3. The largest absolute Gasteiger partial charge is 0.485 e. The zero-order chi connectivity index (χ0) is 37.6. The molecule has 0 atom stereocenters. The maximum Gasteiger partial charge on any atom is 0.485 e. The lowest BCUT2D eigenvalue weighted by Gasteiger charge is -2.39. The second-order valence-electron chi connectivity index (χ2n) is 12.6. The first-order valence-electron chi connectivity index (χ1n) is 16.1. The topological polar surface area (TPSA) is 168 Å². The number of nitrogens with one attached hydrogen (secondary N) is 1. The highest BCUT2D eigenvalue weighted by atomic mass is 19.4. The van der Waals surface area contributed by atoms with Gasteiger partial charge in [-0.2, -0.15) is 28.6 Å². The Bertz CT molecular complexity index is 2220. The van der Waals surface area contributed by atoms with E-state index in [0.717, 1.165) is 11.6 Å². The number of fused-ring (bicyclic) bond motifs is 2. The number of ether oxygens (including phenoxy) is 2. The molecule has 1 aliphatic carbocycles. The van der Waals surface area contributed by atoms with Crippen molar-refractivity contribution in [3.63, 3.8) is 0 Å². The fourth-order valence-corrected chi connectivity index (χ4v) is 5.78. The van der Waals surface area contributed by atoms with Crippen LogP contribution in [-0.4, -0.2) is 62.1 Å². The van der Waals surface area contributed by atoms with Gasteiger partial charge >= 0.3 is 12.4 Å². The van der Waals surface area contributed by atoms with E-state index >= 15 is 4.39 Å². The summed E-state index contributed by atoms with van der Waals surface area (Å²) >= 11 is 0. The van der Waals surface area contributed by atoms with Gasteiger partial charge in [0.25, 0.3) is 5.56 Å². The molecule has 252 valence electrons. The van der Waals surface area contributed by atoms with Crippen LogP contribution in [0.25, 0.3) is 33.3 Å². The van der Waals surface area contributed by atoms with Crippen LogP contribution >= 0.6 is 0 Å². The van der Waals surface area contributed by atoms with E-state index in [4.69, 9.17) is 19.3 Å². The highest BCUT2D eigenvalue weighted by molar-refractivity contribution is 6.02. The average Bonchev–Trinajstić information content (AvgIpc) is 3.64. The molecule has 1 saturated carbocycles. The Kier molecular flexibility index (Phi) is 6.58. The highest BCUT2D eigenvalue weighted by Gasteiger charge is 2.57. The number of hydrogen-bond acceptors (Lipinski definition) is 10. The van der Waals surface area contributed by atoms with Crippen LogP contribution in [-0.2, 0) is 18.3 Å². The number of carbonyl (C=O) groups excluding carboxylic acids is 1. The van der Waals surface area contributed by atoms with E-state index < -0.39 is 82.4 Å². The molecule has 1 spiro atoms. The number of nitrogens with two attached hydrogens (primary N) is 1. The van der Waals surface area contributed by atoms with Crippen LogP contribution in [0.15, 0.2) is 17.1 Å². The summed E-state index contributed by atoms with van der Waals surface area (Å²) in [6.45, 7) is 1.51. The van der Waals surface area contributed by atoms with Crippen molar-refractivity contribution in [2.45, 2.75) is 64.6 Å². The second-order valence-corrected chi connectivity index (χ2v) is 12.6. The summed E-state index contributed by atoms with van der Waals surface area (Å²) in [4.78, 5) is 31.4.